The molecule has 0 aliphatic rings. The first-order valence-electron chi connectivity index (χ1n) is 7.51. The highest BCUT2D eigenvalue weighted by Crippen LogP contribution is 2.17. The van der Waals surface area contributed by atoms with Crippen molar-refractivity contribution in [3.63, 3.8) is 0 Å². The summed E-state index contributed by atoms with van der Waals surface area (Å²) in [5.41, 5.74) is 2.61. The van der Waals surface area contributed by atoms with Gasteiger partial charge in [0.15, 0.2) is 0 Å². The van der Waals surface area contributed by atoms with E-state index in [2.05, 4.69) is 58.1 Å². The number of rotatable bonds is 8. The highest BCUT2D eigenvalue weighted by Gasteiger charge is 2.15. The average molecular weight is 263 g/mol. The summed E-state index contributed by atoms with van der Waals surface area (Å²) in [6.45, 7) is 12.8. The zero-order valence-corrected chi connectivity index (χ0v) is 13.1. The zero-order chi connectivity index (χ0) is 14.3. The molecule has 0 radical (unpaired) electrons. The molecule has 1 aromatic carbocycles. The highest BCUT2D eigenvalue weighted by molar-refractivity contribution is 5.33. The van der Waals surface area contributed by atoms with Gasteiger partial charge in [-0.15, -0.1) is 0 Å². The summed E-state index contributed by atoms with van der Waals surface area (Å²) in [4.78, 5) is 0. The molecule has 2 unspecified atom stereocenters. The Labute approximate surface area is 118 Å². The topological polar surface area (TPSA) is 21.3 Å². The molecule has 1 aromatic rings. The molecule has 0 aromatic heterocycles. The van der Waals surface area contributed by atoms with Crippen LogP contribution in [0.25, 0.3) is 0 Å². The Morgan fingerprint density at radius 3 is 2.47 bits per heavy atom. The third kappa shape index (κ3) is 5.23. The smallest absolute Gasteiger partial charge is 0.119 e. The number of aryl methyl sites for hydroxylation is 2. The van der Waals surface area contributed by atoms with Crippen LogP contribution in [0.3, 0.4) is 0 Å². The first-order chi connectivity index (χ1) is 9.08. The van der Waals surface area contributed by atoms with E-state index in [1.54, 1.807) is 0 Å². The molecule has 0 aliphatic heterocycles. The molecule has 0 spiro atoms. The SMILES string of the molecule is CCCNC(COc1ccc(C)c(C)c1)C(C)CC. The van der Waals surface area contributed by atoms with Crippen LogP contribution in [0, 0.1) is 19.8 Å². The molecule has 0 bridgehead atoms. The summed E-state index contributed by atoms with van der Waals surface area (Å²) < 4.78 is 5.96. The van der Waals surface area contributed by atoms with Gasteiger partial charge in [-0.1, -0.05) is 33.3 Å². The number of hydrogen-bond donors (Lipinski definition) is 1. The van der Waals surface area contributed by atoms with Gasteiger partial charge >= 0.3 is 0 Å². The van der Waals surface area contributed by atoms with E-state index in [0.29, 0.717) is 12.0 Å². The lowest BCUT2D eigenvalue weighted by Crippen LogP contribution is -2.40. The Morgan fingerprint density at radius 1 is 1.16 bits per heavy atom. The van der Waals surface area contributed by atoms with E-state index in [9.17, 15) is 0 Å². The predicted molar refractivity (Wildman–Crippen MR) is 82.9 cm³/mol. The molecule has 2 nitrogen and oxygen atoms in total. The maximum atomic E-state index is 5.96. The molecule has 2 heteroatoms. The van der Waals surface area contributed by atoms with Crippen molar-refractivity contribution >= 4 is 0 Å². The number of ether oxygens (including phenoxy) is 1. The van der Waals surface area contributed by atoms with Crippen LogP contribution in [0.4, 0.5) is 0 Å². The van der Waals surface area contributed by atoms with E-state index in [-0.39, 0.29) is 0 Å². The molecule has 0 aliphatic carbocycles. The second kappa shape index (κ2) is 8.21. The summed E-state index contributed by atoms with van der Waals surface area (Å²) in [6, 6.07) is 6.76. The minimum absolute atomic E-state index is 0.437. The zero-order valence-electron chi connectivity index (χ0n) is 13.1. The molecule has 0 fully saturated rings. The minimum Gasteiger partial charge on any atom is -0.492 e. The van der Waals surface area contributed by atoms with E-state index in [1.807, 2.05) is 0 Å². The Balaban J connectivity index is 2.56. The molecular weight excluding hydrogens is 234 g/mol. The molecule has 0 saturated carbocycles. The molecule has 1 N–H and O–H groups in total. The maximum Gasteiger partial charge on any atom is 0.119 e. The molecule has 0 saturated heterocycles. The van der Waals surface area contributed by atoms with Gasteiger partial charge in [-0.25, -0.2) is 0 Å². The molecule has 0 heterocycles. The van der Waals surface area contributed by atoms with Crippen molar-refractivity contribution < 1.29 is 4.74 Å². The van der Waals surface area contributed by atoms with E-state index in [1.165, 1.54) is 17.5 Å². The average Bonchev–Trinajstić information content (AvgIpc) is 2.42. The van der Waals surface area contributed by atoms with Crippen molar-refractivity contribution in [3.05, 3.63) is 29.3 Å². The second-order valence-corrected chi connectivity index (χ2v) is 5.50. The van der Waals surface area contributed by atoms with Gasteiger partial charge in [0.1, 0.15) is 12.4 Å². The van der Waals surface area contributed by atoms with Crippen molar-refractivity contribution in [3.8, 4) is 5.75 Å². The van der Waals surface area contributed by atoms with Gasteiger partial charge in [0.25, 0.3) is 0 Å². The summed E-state index contributed by atoms with van der Waals surface area (Å²) >= 11 is 0. The molecule has 108 valence electrons. The quantitative estimate of drug-likeness (QED) is 0.762. The van der Waals surface area contributed by atoms with Crippen molar-refractivity contribution in [2.24, 2.45) is 5.92 Å². The second-order valence-electron chi connectivity index (χ2n) is 5.50. The third-order valence-electron chi connectivity index (χ3n) is 3.90. The summed E-state index contributed by atoms with van der Waals surface area (Å²) in [7, 11) is 0. The van der Waals surface area contributed by atoms with Crippen LogP contribution in [0.2, 0.25) is 0 Å². The van der Waals surface area contributed by atoms with E-state index in [0.717, 1.165) is 25.3 Å². The lowest BCUT2D eigenvalue weighted by molar-refractivity contribution is 0.220. The minimum atomic E-state index is 0.437. The molecular formula is C17H29NO. The Bertz CT molecular complexity index is 376. The van der Waals surface area contributed by atoms with Crippen molar-refractivity contribution in [2.75, 3.05) is 13.2 Å². The van der Waals surface area contributed by atoms with Gasteiger partial charge in [-0.2, -0.15) is 0 Å². The molecule has 2 atom stereocenters. The predicted octanol–water partition coefficient (Wildman–Crippen LogP) is 4.10. The lowest BCUT2D eigenvalue weighted by atomic mass is 10.00. The van der Waals surface area contributed by atoms with Crippen LogP contribution in [-0.4, -0.2) is 19.2 Å². The first kappa shape index (κ1) is 16.0. The lowest BCUT2D eigenvalue weighted by Gasteiger charge is -2.24. The van der Waals surface area contributed by atoms with Crippen molar-refractivity contribution in [2.45, 2.75) is 53.5 Å². The standard InChI is InChI=1S/C17H29NO/c1-6-10-18-17(13(3)7-2)12-19-16-9-8-14(4)15(5)11-16/h8-9,11,13,17-18H,6-7,10,12H2,1-5H3. The first-order valence-corrected chi connectivity index (χ1v) is 7.51. The van der Waals surface area contributed by atoms with Gasteiger partial charge < -0.3 is 10.1 Å². The number of benzene rings is 1. The fraction of sp³-hybridized carbons (Fsp3) is 0.647. The fourth-order valence-electron chi connectivity index (χ4n) is 2.03. The Hall–Kier alpha value is -1.02. The van der Waals surface area contributed by atoms with Crippen LogP contribution in [0.1, 0.15) is 44.7 Å². The van der Waals surface area contributed by atoms with E-state index >= 15 is 0 Å². The third-order valence-corrected chi connectivity index (χ3v) is 3.90. The maximum absolute atomic E-state index is 5.96. The normalized spacial score (nSPS) is 14.2. The Kier molecular flexibility index (Phi) is 6.93. The largest absolute Gasteiger partial charge is 0.492 e. The van der Waals surface area contributed by atoms with E-state index < -0.39 is 0 Å². The summed E-state index contributed by atoms with van der Waals surface area (Å²) in [5.74, 6) is 1.62. The van der Waals surface area contributed by atoms with Gasteiger partial charge in [0.05, 0.1) is 0 Å². The summed E-state index contributed by atoms with van der Waals surface area (Å²) in [6.07, 6.45) is 2.34. The van der Waals surface area contributed by atoms with Crippen LogP contribution in [0.15, 0.2) is 18.2 Å². The van der Waals surface area contributed by atoms with Gasteiger partial charge in [-0.05, 0) is 56.0 Å². The van der Waals surface area contributed by atoms with Crippen molar-refractivity contribution in [1.82, 2.24) is 5.32 Å². The summed E-state index contributed by atoms with van der Waals surface area (Å²) in [5, 5.41) is 3.59. The van der Waals surface area contributed by atoms with Gasteiger partial charge in [0.2, 0.25) is 0 Å². The van der Waals surface area contributed by atoms with Crippen LogP contribution in [-0.2, 0) is 0 Å². The molecule has 19 heavy (non-hydrogen) atoms. The van der Waals surface area contributed by atoms with Crippen LogP contribution >= 0.6 is 0 Å². The fourth-order valence-corrected chi connectivity index (χ4v) is 2.03. The molecule has 1 rings (SSSR count). The van der Waals surface area contributed by atoms with Crippen LogP contribution < -0.4 is 10.1 Å². The number of hydrogen-bond acceptors (Lipinski definition) is 2. The van der Waals surface area contributed by atoms with Gasteiger partial charge in [0, 0.05) is 6.04 Å². The van der Waals surface area contributed by atoms with Crippen molar-refractivity contribution in [1.29, 1.82) is 0 Å². The van der Waals surface area contributed by atoms with E-state index in [4.69, 9.17) is 4.74 Å². The monoisotopic (exact) mass is 263 g/mol. The van der Waals surface area contributed by atoms with Crippen LogP contribution in [0.5, 0.6) is 5.75 Å². The number of nitrogens with one attached hydrogen (secondary N) is 1. The molecule has 0 amide bonds. The Morgan fingerprint density at radius 2 is 1.89 bits per heavy atom. The highest BCUT2D eigenvalue weighted by atomic mass is 16.5. The van der Waals surface area contributed by atoms with Gasteiger partial charge in [-0.3, -0.25) is 0 Å².